The largest absolute Gasteiger partial charge is 0.393 e. The molecule has 3 heteroatoms. The van der Waals surface area contributed by atoms with Crippen LogP contribution in [-0.2, 0) is 6.54 Å². The lowest BCUT2D eigenvalue weighted by Crippen LogP contribution is -2.44. The maximum Gasteiger partial charge on any atom is 0.0788 e. The second-order valence-corrected chi connectivity index (χ2v) is 6.56. The standard InChI is InChI=1S/C16H24N2S/c1-12-4-5-14(10-13(12)2)11-18-8-6-16(3,7-9-18)15(17)19/h4-5,10H,6-9,11H2,1-3H3,(H2,17,19). The summed E-state index contributed by atoms with van der Waals surface area (Å²) >= 11 is 5.19. The van der Waals surface area contributed by atoms with Crippen LogP contribution in [0.5, 0.6) is 0 Å². The fourth-order valence-electron chi connectivity index (χ4n) is 2.61. The van der Waals surface area contributed by atoms with Crippen LogP contribution >= 0.6 is 12.2 Å². The highest BCUT2D eigenvalue weighted by molar-refractivity contribution is 7.80. The minimum absolute atomic E-state index is 0.0645. The molecular formula is C16H24N2S. The number of likely N-dealkylation sites (tertiary alicyclic amines) is 1. The van der Waals surface area contributed by atoms with E-state index in [4.69, 9.17) is 18.0 Å². The molecule has 0 bridgehead atoms. The predicted octanol–water partition coefficient (Wildman–Crippen LogP) is 3.19. The molecular weight excluding hydrogens is 252 g/mol. The van der Waals surface area contributed by atoms with Crippen molar-refractivity contribution in [1.29, 1.82) is 0 Å². The molecule has 1 heterocycles. The zero-order valence-electron chi connectivity index (χ0n) is 12.2. The fraction of sp³-hybridized carbons (Fsp3) is 0.562. The maximum atomic E-state index is 5.85. The molecule has 1 aromatic carbocycles. The molecule has 2 nitrogen and oxygen atoms in total. The van der Waals surface area contributed by atoms with Crippen molar-refractivity contribution < 1.29 is 0 Å². The third-order valence-electron chi connectivity index (χ3n) is 4.53. The smallest absolute Gasteiger partial charge is 0.0788 e. The Hall–Kier alpha value is -0.930. The number of hydrogen-bond acceptors (Lipinski definition) is 2. The second kappa shape index (κ2) is 5.59. The van der Waals surface area contributed by atoms with Crippen molar-refractivity contribution in [2.24, 2.45) is 11.1 Å². The molecule has 0 unspecified atom stereocenters. The summed E-state index contributed by atoms with van der Waals surface area (Å²) in [4.78, 5) is 3.18. The number of rotatable bonds is 3. The van der Waals surface area contributed by atoms with Gasteiger partial charge in [-0.3, -0.25) is 4.90 Å². The third kappa shape index (κ3) is 3.34. The number of thiocarbonyl (C=S) groups is 1. The summed E-state index contributed by atoms with van der Waals surface area (Å²) in [5, 5.41) is 0. The number of nitrogens with zero attached hydrogens (tertiary/aromatic N) is 1. The van der Waals surface area contributed by atoms with Gasteiger partial charge in [0.15, 0.2) is 0 Å². The molecule has 1 aliphatic heterocycles. The van der Waals surface area contributed by atoms with Gasteiger partial charge >= 0.3 is 0 Å². The van der Waals surface area contributed by atoms with Crippen LogP contribution in [0, 0.1) is 19.3 Å². The Balaban J connectivity index is 1.95. The molecule has 0 amide bonds. The first-order valence-electron chi connectivity index (χ1n) is 6.99. The first kappa shape index (κ1) is 14.5. The first-order chi connectivity index (χ1) is 8.90. The maximum absolute atomic E-state index is 5.85. The van der Waals surface area contributed by atoms with Gasteiger partial charge in [0.1, 0.15) is 0 Å². The van der Waals surface area contributed by atoms with E-state index in [0.29, 0.717) is 4.99 Å². The average molecular weight is 276 g/mol. The topological polar surface area (TPSA) is 29.3 Å². The molecule has 0 saturated carbocycles. The predicted molar refractivity (Wildman–Crippen MR) is 85.3 cm³/mol. The minimum Gasteiger partial charge on any atom is -0.393 e. The zero-order valence-corrected chi connectivity index (χ0v) is 13.0. The number of aryl methyl sites for hydroxylation is 2. The molecule has 19 heavy (non-hydrogen) atoms. The Morgan fingerprint density at radius 2 is 1.89 bits per heavy atom. The second-order valence-electron chi connectivity index (χ2n) is 6.12. The highest BCUT2D eigenvalue weighted by atomic mass is 32.1. The zero-order chi connectivity index (χ0) is 14.0. The van der Waals surface area contributed by atoms with Crippen molar-refractivity contribution in [2.75, 3.05) is 13.1 Å². The lowest BCUT2D eigenvalue weighted by atomic mass is 9.80. The van der Waals surface area contributed by atoms with E-state index in [1.807, 2.05) is 0 Å². The molecule has 1 aromatic rings. The van der Waals surface area contributed by atoms with Crippen LogP contribution in [0.15, 0.2) is 18.2 Å². The van der Waals surface area contributed by atoms with Crippen LogP contribution in [0.1, 0.15) is 36.5 Å². The van der Waals surface area contributed by atoms with E-state index in [1.54, 1.807) is 0 Å². The van der Waals surface area contributed by atoms with Crippen LogP contribution in [0.4, 0.5) is 0 Å². The van der Waals surface area contributed by atoms with Gasteiger partial charge in [-0.1, -0.05) is 37.3 Å². The van der Waals surface area contributed by atoms with Gasteiger partial charge in [0, 0.05) is 12.0 Å². The van der Waals surface area contributed by atoms with Crippen LogP contribution in [0.2, 0.25) is 0 Å². The minimum atomic E-state index is 0.0645. The lowest BCUT2D eigenvalue weighted by molar-refractivity contribution is 0.158. The molecule has 1 saturated heterocycles. The molecule has 0 aliphatic carbocycles. The Morgan fingerprint density at radius 1 is 1.26 bits per heavy atom. The summed E-state index contributed by atoms with van der Waals surface area (Å²) < 4.78 is 0. The quantitative estimate of drug-likeness (QED) is 0.860. The van der Waals surface area contributed by atoms with Gasteiger partial charge < -0.3 is 5.73 Å². The van der Waals surface area contributed by atoms with Crippen LogP contribution in [0.3, 0.4) is 0 Å². The number of nitrogens with two attached hydrogens (primary N) is 1. The van der Waals surface area contributed by atoms with Crippen LogP contribution < -0.4 is 5.73 Å². The molecule has 0 spiro atoms. The van der Waals surface area contributed by atoms with E-state index < -0.39 is 0 Å². The highest BCUT2D eigenvalue weighted by Gasteiger charge is 2.32. The Bertz CT molecular complexity index is 474. The Morgan fingerprint density at radius 3 is 2.42 bits per heavy atom. The summed E-state index contributed by atoms with van der Waals surface area (Å²) in [5.74, 6) is 0. The van der Waals surface area contributed by atoms with E-state index in [1.165, 1.54) is 16.7 Å². The summed E-state index contributed by atoms with van der Waals surface area (Å²) in [6, 6.07) is 6.76. The molecule has 2 rings (SSSR count). The lowest BCUT2D eigenvalue weighted by Gasteiger charge is -2.38. The summed E-state index contributed by atoms with van der Waals surface area (Å²) in [7, 11) is 0. The van der Waals surface area contributed by atoms with Gasteiger partial charge in [-0.2, -0.15) is 0 Å². The van der Waals surface area contributed by atoms with E-state index in [-0.39, 0.29) is 5.41 Å². The van der Waals surface area contributed by atoms with Crippen molar-refractivity contribution >= 4 is 17.2 Å². The van der Waals surface area contributed by atoms with Crippen molar-refractivity contribution in [1.82, 2.24) is 4.90 Å². The molecule has 2 N–H and O–H groups in total. The molecule has 1 aliphatic rings. The molecule has 0 atom stereocenters. The van der Waals surface area contributed by atoms with Gasteiger partial charge in [0.2, 0.25) is 0 Å². The van der Waals surface area contributed by atoms with E-state index >= 15 is 0 Å². The van der Waals surface area contributed by atoms with Crippen molar-refractivity contribution in [3.63, 3.8) is 0 Å². The van der Waals surface area contributed by atoms with E-state index in [0.717, 1.165) is 32.5 Å². The Kier molecular flexibility index (Phi) is 4.26. The number of hydrogen-bond donors (Lipinski definition) is 1. The van der Waals surface area contributed by atoms with Crippen molar-refractivity contribution in [2.45, 2.75) is 40.2 Å². The van der Waals surface area contributed by atoms with E-state index in [2.05, 4.69) is 43.9 Å². The molecule has 1 fully saturated rings. The van der Waals surface area contributed by atoms with Gasteiger partial charge in [-0.15, -0.1) is 0 Å². The van der Waals surface area contributed by atoms with Crippen molar-refractivity contribution in [3.8, 4) is 0 Å². The van der Waals surface area contributed by atoms with Gasteiger partial charge in [-0.25, -0.2) is 0 Å². The number of benzene rings is 1. The summed E-state index contributed by atoms with van der Waals surface area (Å²) in [5.41, 5.74) is 10.1. The van der Waals surface area contributed by atoms with Crippen LogP contribution in [-0.4, -0.2) is 23.0 Å². The average Bonchev–Trinajstić information content (AvgIpc) is 2.37. The SMILES string of the molecule is Cc1ccc(CN2CCC(C)(C(N)=S)CC2)cc1C. The third-order valence-corrected chi connectivity index (χ3v) is 5.02. The van der Waals surface area contributed by atoms with Gasteiger partial charge in [0.25, 0.3) is 0 Å². The molecule has 0 aromatic heterocycles. The summed E-state index contributed by atoms with van der Waals surface area (Å²) in [6.45, 7) is 9.74. The molecule has 0 radical (unpaired) electrons. The van der Waals surface area contributed by atoms with Gasteiger partial charge in [-0.05, 0) is 56.5 Å². The van der Waals surface area contributed by atoms with Crippen molar-refractivity contribution in [3.05, 3.63) is 34.9 Å². The van der Waals surface area contributed by atoms with Crippen LogP contribution in [0.25, 0.3) is 0 Å². The fourth-order valence-corrected chi connectivity index (χ4v) is 2.82. The normalized spacial score (nSPS) is 19.3. The van der Waals surface area contributed by atoms with Gasteiger partial charge in [0.05, 0.1) is 4.99 Å². The first-order valence-corrected chi connectivity index (χ1v) is 7.40. The van der Waals surface area contributed by atoms with E-state index in [9.17, 15) is 0 Å². The highest BCUT2D eigenvalue weighted by Crippen LogP contribution is 2.31. The molecule has 104 valence electrons. The number of piperidine rings is 1. The Labute approximate surface area is 122 Å². The monoisotopic (exact) mass is 276 g/mol. The summed E-state index contributed by atoms with van der Waals surface area (Å²) in [6.07, 6.45) is 2.15.